The van der Waals surface area contributed by atoms with Crippen LogP contribution in [0.25, 0.3) is 5.76 Å². The fraction of sp³-hybridized carbons (Fsp3) is 0.240. The van der Waals surface area contributed by atoms with Gasteiger partial charge in [0.2, 0.25) is 0 Å². The number of aliphatic hydroxyl groups excluding tert-OH is 1. The van der Waals surface area contributed by atoms with Crippen molar-refractivity contribution in [2.24, 2.45) is 0 Å². The van der Waals surface area contributed by atoms with Gasteiger partial charge in [-0.3, -0.25) is 9.59 Å². The van der Waals surface area contributed by atoms with E-state index in [0.29, 0.717) is 37.4 Å². The SMILES string of the molecule is CCOc1ccc([C@H]2C(=C(O)c3ccc(Br)cc3)C(=O)C(=O)N2CCCn2ccnc2)cc1. The molecular formula is C25H24BrN3O4. The molecule has 3 aromatic rings. The van der Waals surface area contributed by atoms with Gasteiger partial charge in [0.1, 0.15) is 11.5 Å². The third kappa shape index (κ3) is 4.85. The number of halogens is 1. The highest BCUT2D eigenvalue weighted by Crippen LogP contribution is 2.40. The molecule has 170 valence electrons. The number of hydrogen-bond acceptors (Lipinski definition) is 5. The number of nitrogens with zero attached hydrogens (tertiary/aromatic N) is 3. The highest BCUT2D eigenvalue weighted by atomic mass is 79.9. The zero-order valence-electron chi connectivity index (χ0n) is 18.1. The number of rotatable bonds is 8. The Labute approximate surface area is 200 Å². The number of aromatic nitrogens is 2. The molecular weight excluding hydrogens is 486 g/mol. The first-order chi connectivity index (χ1) is 16.0. The summed E-state index contributed by atoms with van der Waals surface area (Å²) in [6, 6.07) is 13.6. The van der Waals surface area contributed by atoms with E-state index < -0.39 is 17.7 Å². The van der Waals surface area contributed by atoms with Gasteiger partial charge in [-0.25, -0.2) is 4.98 Å². The summed E-state index contributed by atoms with van der Waals surface area (Å²) in [6.07, 6.45) is 5.90. The van der Waals surface area contributed by atoms with Crippen molar-refractivity contribution in [3.05, 3.63) is 88.4 Å². The van der Waals surface area contributed by atoms with Crippen LogP contribution in [0.1, 0.15) is 30.5 Å². The summed E-state index contributed by atoms with van der Waals surface area (Å²) in [7, 11) is 0. The Morgan fingerprint density at radius 1 is 1.09 bits per heavy atom. The van der Waals surface area contributed by atoms with Crippen LogP contribution >= 0.6 is 15.9 Å². The minimum atomic E-state index is -0.688. The summed E-state index contributed by atoms with van der Waals surface area (Å²) < 4.78 is 8.30. The molecule has 1 saturated heterocycles. The van der Waals surface area contributed by atoms with Crippen LogP contribution in [0.15, 0.2) is 77.3 Å². The van der Waals surface area contributed by atoms with Crippen molar-refractivity contribution < 1.29 is 19.4 Å². The minimum Gasteiger partial charge on any atom is -0.507 e. The van der Waals surface area contributed by atoms with Crippen molar-refractivity contribution >= 4 is 33.4 Å². The second kappa shape index (κ2) is 10.0. The van der Waals surface area contributed by atoms with E-state index >= 15 is 0 Å². The molecule has 0 aliphatic carbocycles. The molecule has 1 amide bonds. The van der Waals surface area contributed by atoms with E-state index in [9.17, 15) is 14.7 Å². The van der Waals surface area contributed by atoms with Crippen LogP contribution in [-0.2, 0) is 16.1 Å². The molecule has 1 aliphatic heterocycles. The maximum Gasteiger partial charge on any atom is 0.295 e. The molecule has 0 saturated carbocycles. The average molecular weight is 510 g/mol. The van der Waals surface area contributed by atoms with Gasteiger partial charge in [0.05, 0.1) is 24.5 Å². The number of imidazole rings is 1. The number of aliphatic hydroxyl groups is 1. The number of ketones is 1. The number of hydrogen-bond donors (Lipinski definition) is 1. The van der Waals surface area contributed by atoms with Crippen molar-refractivity contribution in [1.82, 2.24) is 14.5 Å². The van der Waals surface area contributed by atoms with E-state index in [-0.39, 0.29) is 11.3 Å². The van der Waals surface area contributed by atoms with Gasteiger partial charge in [-0.05, 0) is 43.2 Å². The van der Waals surface area contributed by atoms with E-state index in [1.807, 2.05) is 42.0 Å². The van der Waals surface area contributed by atoms with Gasteiger partial charge in [0.15, 0.2) is 0 Å². The summed E-state index contributed by atoms with van der Waals surface area (Å²) in [6.45, 7) is 3.46. The lowest BCUT2D eigenvalue weighted by Gasteiger charge is -2.25. The summed E-state index contributed by atoms with van der Waals surface area (Å²) in [4.78, 5) is 31.7. The average Bonchev–Trinajstić information content (AvgIpc) is 3.42. The number of Topliss-reactive ketones (excluding diaryl/α,β-unsaturated/α-hetero) is 1. The van der Waals surface area contributed by atoms with Gasteiger partial charge >= 0.3 is 0 Å². The van der Waals surface area contributed by atoms with E-state index in [1.165, 1.54) is 0 Å². The van der Waals surface area contributed by atoms with Gasteiger partial charge in [-0.15, -0.1) is 0 Å². The van der Waals surface area contributed by atoms with Crippen LogP contribution in [0.5, 0.6) is 5.75 Å². The van der Waals surface area contributed by atoms with Gasteiger partial charge in [-0.2, -0.15) is 0 Å². The molecule has 2 aromatic carbocycles. The largest absolute Gasteiger partial charge is 0.507 e. The third-order valence-electron chi connectivity index (χ3n) is 5.54. The monoisotopic (exact) mass is 509 g/mol. The fourth-order valence-corrected chi connectivity index (χ4v) is 4.24. The van der Waals surface area contributed by atoms with Gasteiger partial charge in [-0.1, -0.05) is 40.2 Å². The lowest BCUT2D eigenvalue weighted by Crippen LogP contribution is -2.31. The van der Waals surface area contributed by atoms with Crippen LogP contribution in [0.4, 0.5) is 0 Å². The van der Waals surface area contributed by atoms with Crippen molar-refractivity contribution in [1.29, 1.82) is 0 Å². The molecule has 1 fully saturated rings. The molecule has 4 rings (SSSR count). The van der Waals surface area contributed by atoms with Crippen molar-refractivity contribution in [2.45, 2.75) is 25.9 Å². The molecule has 33 heavy (non-hydrogen) atoms. The molecule has 0 bridgehead atoms. The molecule has 8 heteroatoms. The third-order valence-corrected chi connectivity index (χ3v) is 6.07. The highest BCUT2D eigenvalue weighted by Gasteiger charge is 2.45. The van der Waals surface area contributed by atoms with Crippen LogP contribution in [-0.4, -0.2) is 44.4 Å². The highest BCUT2D eigenvalue weighted by molar-refractivity contribution is 9.10. The summed E-state index contributed by atoms with van der Waals surface area (Å²) in [5.74, 6) is -0.779. The quantitative estimate of drug-likeness (QED) is 0.273. The lowest BCUT2D eigenvalue weighted by atomic mass is 9.95. The first-order valence-corrected chi connectivity index (χ1v) is 11.5. The number of aryl methyl sites for hydroxylation is 1. The molecule has 1 atom stereocenters. The molecule has 2 heterocycles. The predicted octanol–water partition coefficient (Wildman–Crippen LogP) is 4.56. The predicted molar refractivity (Wildman–Crippen MR) is 128 cm³/mol. The Hall–Kier alpha value is -3.39. The van der Waals surface area contributed by atoms with Crippen LogP contribution < -0.4 is 4.74 Å². The van der Waals surface area contributed by atoms with Crippen LogP contribution in [0.3, 0.4) is 0 Å². The Balaban J connectivity index is 1.71. The molecule has 0 unspecified atom stereocenters. The number of benzene rings is 2. The van der Waals surface area contributed by atoms with E-state index in [2.05, 4.69) is 20.9 Å². The Bertz CT molecular complexity index is 1160. The van der Waals surface area contributed by atoms with Crippen LogP contribution in [0.2, 0.25) is 0 Å². The standard InChI is InChI=1S/C25H24BrN3O4/c1-2-33-20-10-6-17(7-11-20)22-21(23(30)18-4-8-19(26)9-5-18)24(31)25(32)29(22)14-3-13-28-15-12-27-16-28/h4-12,15-16,22,30H,2-3,13-14H2,1H3/t22-/m0/s1. The summed E-state index contributed by atoms with van der Waals surface area (Å²) in [5.41, 5.74) is 1.30. The van der Waals surface area contributed by atoms with E-state index in [1.54, 1.807) is 41.7 Å². The van der Waals surface area contributed by atoms with Crippen LogP contribution in [0, 0.1) is 0 Å². The van der Waals surface area contributed by atoms with Crippen molar-refractivity contribution in [2.75, 3.05) is 13.2 Å². The number of likely N-dealkylation sites (tertiary alicyclic amines) is 1. The molecule has 1 N–H and O–H groups in total. The zero-order chi connectivity index (χ0) is 23.4. The molecule has 1 aliphatic rings. The number of carbonyl (C=O) groups excluding carboxylic acids is 2. The maximum absolute atomic E-state index is 13.1. The summed E-state index contributed by atoms with van der Waals surface area (Å²) >= 11 is 3.38. The van der Waals surface area contributed by atoms with Gasteiger partial charge in [0, 0.05) is 35.5 Å². The molecule has 0 spiro atoms. The lowest BCUT2D eigenvalue weighted by molar-refractivity contribution is -0.139. The second-order valence-corrected chi connectivity index (χ2v) is 8.57. The summed E-state index contributed by atoms with van der Waals surface area (Å²) in [5, 5.41) is 11.1. The van der Waals surface area contributed by atoms with Gasteiger partial charge in [0.25, 0.3) is 11.7 Å². The molecule has 0 radical (unpaired) electrons. The van der Waals surface area contributed by atoms with E-state index in [4.69, 9.17) is 4.74 Å². The Kier molecular flexibility index (Phi) is 6.93. The molecule has 1 aromatic heterocycles. The number of carbonyl (C=O) groups is 2. The zero-order valence-corrected chi connectivity index (χ0v) is 19.7. The fourth-order valence-electron chi connectivity index (χ4n) is 3.98. The first-order valence-electron chi connectivity index (χ1n) is 10.7. The van der Waals surface area contributed by atoms with E-state index in [0.717, 1.165) is 10.0 Å². The second-order valence-electron chi connectivity index (χ2n) is 7.66. The topological polar surface area (TPSA) is 84.7 Å². The maximum atomic E-state index is 13.1. The first kappa shape index (κ1) is 22.8. The normalized spacial score (nSPS) is 17.5. The van der Waals surface area contributed by atoms with Crippen molar-refractivity contribution in [3.63, 3.8) is 0 Å². The smallest absolute Gasteiger partial charge is 0.295 e. The Morgan fingerprint density at radius 2 is 1.82 bits per heavy atom. The van der Waals surface area contributed by atoms with Crippen molar-refractivity contribution in [3.8, 4) is 5.75 Å². The van der Waals surface area contributed by atoms with Gasteiger partial charge < -0.3 is 19.3 Å². The molecule has 7 nitrogen and oxygen atoms in total. The minimum absolute atomic E-state index is 0.0918. The Morgan fingerprint density at radius 3 is 2.45 bits per heavy atom. The number of amides is 1. The number of ether oxygens (including phenoxy) is 1.